The first-order valence-electron chi connectivity index (χ1n) is 8.13. The molecular formula is C17H20N4O2. The van der Waals surface area contributed by atoms with Crippen molar-refractivity contribution in [3.8, 4) is 0 Å². The fourth-order valence-electron chi connectivity index (χ4n) is 3.77. The van der Waals surface area contributed by atoms with Crippen LogP contribution in [-0.4, -0.2) is 33.6 Å². The van der Waals surface area contributed by atoms with E-state index >= 15 is 0 Å². The number of nitrogens with zero attached hydrogens (tertiary/aromatic N) is 3. The first-order valence-corrected chi connectivity index (χ1v) is 8.13. The van der Waals surface area contributed by atoms with Crippen molar-refractivity contribution in [2.45, 2.75) is 38.3 Å². The number of carbonyl (C=O) groups excluding carboxylic acids is 1. The number of benzene rings is 1. The van der Waals surface area contributed by atoms with Crippen LogP contribution in [0.3, 0.4) is 0 Å². The molecule has 1 aromatic carbocycles. The molecule has 4 rings (SSSR count). The Kier molecular flexibility index (Phi) is 3.61. The molecule has 1 saturated heterocycles. The number of carbonyl (C=O) groups is 1. The number of nitrogens with one attached hydrogen (secondary N) is 1. The van der Waals surface area contributed by atoms with Gasteiger partial charge in [0.2, 0.25) is 5.91 Å². The second kappa shape index (κ2) is 5.77. The van der Waals surface area contributed by atoms with Crippen molar-refractivity contribution in [1.82, 2.24) is 15.0 Å². The summed E-state index contributed by atoms with van der Waals surface area (Å²) in [4.78, 5) is 12.7. The van der Waals surface area contributed by atoms with Gasteiger partial charge in [-0.05, 0) is 31.2 Å². The Labute approximate surface area is 134 Å². The lowest BCUT2D eigenvalue weighted by molar-refractivity contribution is -0.127. The van der Waals surface area contributed by atoms with Crippen LogP contribution in [0.1, 0.15) is 31.2 Å². The van der Waals surface area contributed by atoms with Gasteiger partial charge in [-0.3, -0.25) is 4.79 Å². The maximum Gasteiger partial charge on any atom is 0.234 e. The highest BCUT2D eigenvalue weighted by Crippen LogP contribution is 2.47. The fourth-order valence-corrected chi connectivity index (χ4v) is 3.77. The van der Waals surface area contributed by atoms with Gasteiger partial charge in [0, 0.05) is 6.61 Å². The summed E-state index contributed by atoms with van der Waals surface area (Å²) >= 11 is 0. The predicted molar refractivity (Wildman–Crippen MR) is 84.8 cm³/mol. The third-order valence-electron chi connectivity index (χ3n) is 4.99. The number of ether oxygens (including phenoxy) is 1. The number of hydrogen-bond acceptors (Lipinski definition) is 4. The first kappa shape index (κ1) is 14.4. The average molecular weight is 312 g/mol. The lowest BCUT2D eigenvalue weighted by atomic mass is 9.82. The number of amides is 1. The third-order valence-corrected chi connectivity index (χ3v) is 4.99. The van der Waals surface area contributed by atoms with Crippen LogP contribution >= 0.6 is 0 Å². The Balaban J connectivity index is 1.44. The molecule has 120 valence electrons. The summed E-state index contributed by atoms with van der Waals surface area (Å²) in [5, 5.41) is 11.1. The highest BCUT2D eigenvalue weighted by molar-refractivity contribution is 5.95. The van der Waals surface area contributed by atoms with Crippen molar-refractivity contribution in [2.75, 3.05) is 11.9 Å². The third kappa shape index (κ3) is 2.63. The topological polar surface area (TPSA) is 69.0 Å². The van der Waals surface area contributed by atoms with Crippen LogP contribution in [-0.2, 0) is 16.1 Å². The molecule has 2 aromatic rings. The molecule has 1 aliphatic heterocycles. The molecule has 0 spiro atoms. The molecule has 2 aliphatic rings. The van der Waals surface area contributed by atoms with Gasteiger partial charge in [-0.25, -0.2) is 4.68 Å². The lowest BCUT2D eigenvalue weighted by Gasteiger charge is -2.25. The Morgan fingerprint density at radius 2 is 2.22 bits per heavy atom. The second-order valence-corrected chi connectivity index (χ2v) is 6.40. The summed E-state index contributed by atoms with van der Waals surface area (Å²) in [5.41, 5.74) is 0.789. The van der Waals surface area contributed by atoms with E-state index in [9.17, 15) is 4.79 Å². The normalized spacial score (nSPS) is 26.2. The SMILES string of the molecule is O=C(Nc1cn(Cc2ccccc2)nn1)[C@]12CCC[C@H]1OCC2. The Morgan fingerprint density at radius 3 is 3.09 bits per heavy atom. The zero-order chi connectivity index (χ0) is 15.7. The van der Waals surface area contributed by atoms with Gasteiger partial charge < -0.3 is 10.1 Å². The zero-order valence-electron chi connectivity index (χ0n) is 12.9. The van der Waals surface area contributed by atoms with Crippen molar-refractivity contribution < 1.29 is 9.53 Å². The van der Waals surface area contributed by atoms with Gasteiger partial charge >= 0.3 is 0 Å². The summed E-state index contributed by atoms with van der Waals surface area (Å²) < 4.78 is 7.46. The van der Waals surface area contributed by atoms with E-state index in [2.05, 4.69) is 15.6 Å². The summed E-state index contributed by atoms with van der Waals surface area (Å²) in [6, 6.07) is 10.1. The van der Waals surface area contributed by atoms with Crippen LogP contribution in [0.15, 0.2) is 36.5 Å². The largest absolute Gasteiger partial charge is 0.377 e. The number of anilines is 1. The minimum absolute atomic E-state index is 0.0317. The summed E-state index contributed by atoms with van der Waals surface area (Å²) in [7, 11) is 0. The van der Waals surface area contributed by atoms with E-state index in [1.54, 1.807) is 10.9 Å². The molecule has 2 atom stereocenters. The molecule has 2 fully saturated rings. The van der Waals surface area contributed by atoms with E-state index in [-0.39, 0.29) is 17.4 Å². The van der Waals surface area contributed by atoms with Gasteiger partial charge in [0.1, 0.15) is 0 Å². The van der Waals surface area contributed by atoms with E-state index in [1.807, 2.05) is 30.3 Å². The van der Waals surface area contributed by atoms with E-state index in [4.69, 9.17) is 4.74 Å². The summed E-state index contributed by atoms with van der Waals surface area (Å²) in [5.74, 6) is 0.544. The summed E-state index contributed by atoms with van der Waals surface area (Å²) in [6.45, 7) is 1.32. The molecule has 2 heterocycles. The average Bonchev–Trinajstić information content (AvgIpc) is 3.23. The van der Waals surface area contributed by atoms with Crippen molar-refractivity contribution in [2.24, 2.45) is 5.41 Å². The van der Waals surface area contributed by atoms with Crippen molar-refractivity contribution in [1.29, 1.82) is 0 Å². The number of rotatable bonds is 4. The number of hydrogen-bond donors (Lipinski definition) is 1. The van der Waals surface area contributed by atoms with Crippen molar-refractivity contribution >= 4 is 11.7 Å². The standard InChI is InChI=1S/C17H20N4O2/c22-16(17-8-4-7-14(17)23-10-9-17)18-15-12-21(20-19-15)11-13-5-2-1-3-6-13/h1-3,5-6,12,14H,4,7-11H2,(H,18,22)/t14-,17+/m1/s1. The molecule has 1 aromatic heterocycles. The smallest absolute Gasteiger partial charge is 0.234 e. The number of aromatic nitrogens is 3. The van der Waals surface area contributed by atoms with Gasteiger partial charge in [-0.15, -0.1) is 5.10 Å². The molecule has 1 saturated carbocycles. The van der Waals surface area contributed by atoms with Gasteiger partial charge in [-0.2, -0.15) is 0 Å². The van der Waals surface area contributed by atoms with Gasteiger partial charge in [0.15, 0.2) is 5.82 Å². The Hall–Kier alpha value is -2.21. The quantitative estimate of drug-likeness (QED) is 0.940. The minimum atomic E-state index is -0.358. The number of fused-ring (bicyclic) bond motifs is 1. The predicted octanol–water partition coefficient (Wildman–Crippen LogP) is 2.22. The molecule has 1 N–H and O–H groups in total. The highest BCUT2D eigenvalue weighted by atomic mass is 16.5. The summed E-state index contributed by atoms with van der Waals surface area (Å²) in [6.07, 6.45) is 5.60. The van der Waals surface area contributed by atoms with E-state index in [0.29, 0.717) is 19.0 Å². The van der Waals surface area contributed by atoms with E-state index < -0.39 is 0 Å². The van der Waals surface area contributed by atoms with Crippen LogP contribution in [0.5, 0.6) is 0 Å². The maximum atomic E-state index is 12.7. The molecule has 1 aliphatic carbocycles. The van der Waals surface area contributed by atoms with Gasteiger partial charge in [0.25, 0.3) is 0 Å². The minimum Gasteiger partial charge on any atom is -0.377 e. The monoisotopic (exact) mass is 312 g/mol. The van der Waals surface area contributed by atoms with Crippen LogP contribution in [0.25, 0.3) is 0 Å². The van der Waals surface area contributed by atoms with E-state index in [1.165, 1.54) is 0 Å². The molecule has 0 bridgehead atoms. The fraction of sp³-hybridized carbons (Fsp3) is 0.471. The molecule has 6 nitrogen and oxygen atoms in total. The maximum absolute atomic E-state index is 12.7. The molecule has 1 amide bonds. The highest BCUT2D eigenvalue weighted by Gasteiger charge is 2.53. The molecule has 0 unspecified atom stereocenters. The molecule has 6 heteroatoms. The van der Waals surface area contributed by atoms with Crippen molar-refractivity contribution in [3.05, 3.63) is 42.1 Å². The van der Waals surface area contributed by atoms with Crippen LogP contribution < -0.4 is 5.32 Å². The van der Waals surface area contributed by atoms with Crippen LogP contribution in [0, 0.1) is 5.41 Å². The lowest BCUT2D eigenvalue weighted by Crippen LogP contribution is -2.39. The Morgan fingerprint density at radius 1 is 1.35 bits per heavy atom. The van der Waals surface area contributed by atoms with Crippen LogP contribution in [0.2, 0.25) is 0 Å². The molecular weight excluding hydrogens is 292 g/mol. The Bertz CT molecular complexity index is 688. The first-order chi connectivity index (χ1) is 11.3. The zero-order valence-corrected chi connectivity index (χ0v) is 12.9. The second-order valence-electron chi connectivity index (χ2n) is 6.40. The van der Waals surface area contributed by atoms with Crippen molar-refractivity contribution in [3.63, 3.8) is 0 Å². The van der Waals surface area contributed by atoms with Gasteiger partial charge in [0.05, 0.1) is 24.3 Å². The molecule has 0 radical (unpaired) electrons. The van der Waals surface area contributed by atoms with Gasteiger partial charge in [-0.1, -0.05) is 35.5 Å². The van der Waals surface area contributed by atoms with E-state index in [0.717, 1.165) is 31.2 Å². The van der Waals surface area contributed by atoms with Crippen LogP contribution in [0.4, 0.5) is 5.82 Å². The molecule has 23 heavy (non-hydrogen) atoms.